The van der Waals surface area contributed by atoms with E-state index in [2.05, 4.69) is 0 Å². The maximum absolute atomic E-state index is 13.7. The first-order valence-electron chi connectivity index (χ1n) is 10.4. The van der Waals surface area contributed by atoms with Gasteiger partial charge in [0.05, 0.1) is 25.0 Å². The molecule has 5 atom stereocenters. The summed E-state index contributed by atoms with van der Waals surface area (Å²) in [6.07, 6.45) is 1.61. The third-order valence-electron chi connectivity index (χ3n) is 7.92. The Morgan fingerprint density at radius 1 is 1.23 bits per heavy atom. The molecule has 4 aliphatic rings. The van der Waals surface area contributed by atoms with Gasteiger partial charge in [-0.05, 0) is 25.3 Å². The van der Waals surface area contributed by atoms with Crippen molar-refractivity contribution in [1.29, 1.82) is 0 Å². The number of Topliss-reactive ketones (excluding diaryl/α,β-unsaturated/α-hetero) is 2. The highest BCUT2D eigenvalue weighted by molar-refractivity contribution is 6.15. The summed E-state index contributed by atoms with van der Waals surface area (Å²) in [5, 5.41) is 0. The van der Waals surface area contributed by atoms with E-state index < -0.39 is 34.8 Å². The van der Waals surface area contributed by atoms with Crippen LogP contribution in [0.3, 0.4) is 0 Å². The number of fused-ring (bicyclic) bond motifs is 3. The summed E-state index contributed by atoms with van der Waals surface area (Å²) in [6.45, 7) is 3.77. The van der Waals surface area contributed by atoms with E-state index in [-0.39, 0.29) is 41.8 Å². The molecule has 164 valence electrons. The van der Waals surface area contributed by atoms with Crippen LogP contribution in [0.15, 0.2) is 21.8 Å². The van der Waals surface area contributed by atoms with Crippen LogP contribution in [0.5, 0.6) is 0 Å². The van der Waals surface area contributed by atoms with Gasteiger partial charge < -0.3 is 18.6 Å². The van der Waals surface area contributed by atoms with Gasteiger partial charge in [0.15, 0.2) is 5.76 Å². The maximum atomic E-state index is 13.7. The van der Waals surface area contributed by atoms with Gasteiger partial charge in [0, 0.05) is 36.0 Å². The Balaban J connectivity index is 1.85. The molecule has 1 aliphatic heterocycles. The molecule has 0 aromatic carbocycles. The largest absolute Gasteiger partial charge is 0.469 e. The van der Waals surface area contributed by atoms with Gasteiger partial charge in [0.2, 0.25) is 5.78 Å². The molecular weight excluding hydrogens is 404 g/mol. The highest BCUT2D eigenvalue weighted by atomic mass is 16.6. The summed E-state index contributed by atoms with van der Waals surface area (Å²) in [4.78, 5) is 52.2. The van der Waals surface area contributed by atoms with E-state index in [0.717, 1.165) is 0 Å². The molecule has 0 N–H and O–H groups in total. The molecule has 0 radical (unpaired) electrons. The molecule has 1 aromatic heterocycles. The van der Waals surface area contributed by atoms with Crippen molar-refractivity contribution in [2.75, 3.05) is 20.8 Å². The summed E-state index contributed by atoms with van der Waals surface area (Å²) in [6, 6.07) is 0. The highest BCUT2D eigenvalue weighted by Gasteiger charge is 2.64. The minimum Gasteiger partial charge on any atom is -0.469 e. The lowest BCUT2D eigenvalue weighted by molar-refractivity contribution is -0.147. The van der Waals surface area contributed by atoms with Crippen LogP contribution in [0.1, 0.15) is 59.6 Å². The number of ketones is 2. The molecule has 3 aliphatic carbocycles. The highest BCUT2D eigenvalue weighted by Crippen LogP contribution is 2.62. The number of ether oxygens (including phenoxy) is 3. The minimum absolute atomic E-state index is 0.0466. The molecule has 1 unspecified atom stereocenters. The lowest BCUT2D eigenvalue weighted by Gasteiger charge is -2.51. The lowest BCUT2D eigenvalue weighted by atomic mass is 9.52. The molecule has 5 rings (SSSR count). The lowest BCUT2D eigenvalue weighted by Crippen LogP contribution is -2.56. The number of rotatable bonds is 3. The molecule has 31 heavy (non-hydrogen) atoms. The SMILES string of the molecule is COC[C@H]1OC(=O)c2coc3c2[C@@]1(C)C1=C(C3=O)C2CCC(=O)[C@@]2(C)C[C@H]1C(=O)OC. The molecule has 1 fully saturated rings. The molecule has 0 saturated heterocycles. The van der Waals surface area contributed by atoms with Crippen LogP contribution in [0, 0.1) is 17.3 Å². The third kappa shape index (κ3) is 2.28. The number of hydrogen-bond acceptors (Lipinski definition) is 8. The van der Waals surface area contributed by atoms with E-state index in [4.69, 9.17) is 18.6 Å². The Morgan fingerprint density at radius 2 is 1.97 bits per heavy atom. The Hall–Kier alpha value is -2.74. The van der Waals surface area contributed by atoms with Crippen molar-refractivity contribution in [2.45, 2.75) is 44.6 Å². The Kier molecular flexibility index (Phi) is 4.16. The fourth-order valence-electron chi connectivity index (χ4n) is 6.40. The van der Waals surface area contributed by atoms with Crippen molar-refractivity contribution >= 4 is 23.5 Å². The minimum atomic E-state index is -1.02. The monoisotopic (exact) mass is 428 g/mol. The molecule has 0 amide bonds. The summed E-state index contributed by atoms with van der Waals surface area (Å²) < 4.78 is 21.8. The predicted octanol–water partition coefficient (Wildman–Crippen LogP) is 2.39. The standard InChI is InChI=1S/C23H24O8/c1-22-7-10(20(26)29-4)16-15(12(22)5-6-13(22)24)18(25)19-17-11(8-30-19)21(27)31-14(9-28-3)23(16,17)2/h8,10,12,14H,5-7,9H2,1-4H3/t10-,12?,14-,22+,23-/m1/s1. The van der Waals surface area contributed by atoms with Crippen molar-refractivity contribution in [3.05, 3.63) is 34.3 Å². The quantitative estimate of drug-likeness (QED) is 0.675. The molecular formula is C23H24O8. The first kappa shape index (κ1) is 20.2. The second-order valence-corrected chi connectivity index (χ2v) is 9.27. The summed E-state index contributed by atoms with van der Waals surface area (Å²) in [5.41, 5.74) is -0.216. The number of esters is 2. The van der Waals surface area contributed by atoms with Crippen LogP contribution in [-0.2, 0) is 29.2 Å². The van der Waals surface area contributed by atoms with Crippen LogP contribution in [0.4, 0.5) is 0 Å². The van der Waals surface area contributed by atoms with Crippen LogP contribution in [-0.4, -0.2) is 50.4 Å². The van der Waals surface area contributed by atoms with Crippen molar-refractivity contribution in [3.8, 4) is 0 Å². The Labute approximate surface area is 178 Å². The van der Waals surface area contributed by atoms with Gasteiger partial charge in [0.25, 0.3) is 0 Å². The summed E-state index contributed by atoms with van der Waals surface area (Å²) in [5.74, 6) is -2.48. The normalized spacial score (nSPS) is 36.0. The van der Waals surface area contributed by atoms with Crippen molar-refractivity contribution in [2.24, 2.45) is 17.3 Å². The molecule has 0 bridgehead atoms. The zero-order valence-electron chi connectivity index (χ0n) is 17.9. The number of carbonyl (C=O) groups is 4. The molecule has 1 aromatic rings. The van der Waals surface area contributed by atoms with Crippen LogP contribution < -0.4 is 0 Å². The van der Waals surface area contributed by atoms with E-state index in [1.165, 1.54) is 20.5 Å². The van der Waals surface area contributed by atoms with Gasteiger partial charge >= 0.3 is 11.9 Å². The number of furan rings is 1. The smallest absolute Gasteiger partial charge is 0.342 e. The number of cyclic esters (lactones) is 1. The van der Waals surface area contributed by atoms with Crippen molar-refractivity contribution in [1.82, 2.24) is 0 Å². The number of methoxy groups -OCH3 is 2. The summed E-state index contributed by atoms with van der Waals surface area (Å²) >= 11 is 0. The van der Waals surface area contributed by atoms with Crippen LogP contribution >= 0.6 is 0 Å². The van der Waals surface area contributed by atoms with Gasteiger partial charge in [-0.2, -0.15) is 0 Å². The average Bonchev–Trinajstić information content (AvgIpc) is 3.32. The topological polar surface area (TPSA) is 109 Å². The number of allylic oxidation sites excluding steroid dienone is 1. The van der Waals surface area contributed by atoms with Gasteiger partial charge in [-0.1, -0.05) is 6.92 Å². The van der Waals surface area contributed by atoms with Crippen molar-refractivity contribution < 1.29 is 37.8 Å². The second-order valence-electron chi connectivity index (χ2n) is 9.27. The second kappa shape index (κ2) is 6.38. The Bertz CT molecular complexity index is 1080. The van der Waals surface area contributed by atoms with Gasteiger partial charge in [0.1, 0.15) is 23.7 Å². The zero-order valence-corrected chi connectivity index (χ0v) is 17.9. The van der Waals surface area contributed by atoms with Gasteiger partial charge in [-0.25, -0.2) is 4.79 Å². The number of carbonyl (C=O) groups excluding carboxylic acids is 4. The van der Waals surface area contributed by atoms with Gasteiger partial charge in [-0.15, -0.1) is 0 Å². The zero-order chi connectivity index (χ0) is 22.3. The Morgan fingerprint density at radius 3 is 2.65 bits per heavy atom. The molecule has 8 nitrogen and oxygen atoms in total. The summed E-state index contributed by atoms with van der Waals surface area (Å²) in [7, 11) is 2.79. The predicted molar refractivity (Wildman–Crippen MR) is 104 cm³/mol. The number of hydrogen-bond donors (Lipinski definition) is 0. The van der Waals surface area contributed by atoms with Crippen LogP contribution in [0.25, 0.3) is 0 Å². The van der Waals surface area contributed by atoms with E-state index in [1.807, 2.05) is 13.8 Å². The fourth-order valence-corrected chi connectivity index (χ4v) is 6.40. The van der Waals surface area contributed by atoms with Gasteiger partial charge in [-0.3, -0.25) is 14.4 Å². The van der Waals surface area contributed by atoms with Crippen LogP contribution in [0.2, 0.25) is 0 Å². The van der Waals surface area contributed by atoms with Crippen molar-refractivity contribution in [3.63, 3.8) is 0 Å². The van der Waals surface area contributed by atoms with E-state index in [0.29, 0.717) is 29.6 Å². The first-order chi connectivity index (χ1) is 14.7. The fraction of sp³-hybridized carbons (Fsp3) is 0.565. The van der Waals surface area contributed by atoms with E-state index in [9.17, 15) is 19.2 Å². The molecule has 0 spiro atoms. The molecule has 8 heteroatoms. The third-order valence-corrected chi connectivity index (χ3v) is 7.92. The molecule has 2 heterocycles. The average molecular weight is 428 g/mol. The van der Waals surface area contributed by atoms with E-state index in [1.54, 1.807) is 0 Å². The van der Waals surface area contributed by atoms with E-state index >= 15 is 0 Å². The molecule has 1 saturated carbocycles. The first-order valence-corrected chi connectivity index (χ1v) is 10.4. The maximum Gasteiger partial charge on any atom is 0.342 e.